The molecule has 0 saturated carbocycles. The lowest BCUT2D eigenvalue weighted by Crippen LogP contribution is -2.47. The zero-order valence-corrected chi connectivity index (χ0v) is 48.1. The Hall–Kier alpha value is -6.16. The molecule has 0 spiro atoms. The van der Waals surface area contributed by atoms with Crippen molar-refractivity contribution in [3.05, 3.63) is 121 Å². The molecule has 2 fully saturated rings. The van der Waals surface area contributed by atoms with E-state index in [0.29, 0.717) is 73.7 Å². The number of nitrogens with zero attached hydrogens (tertiary/aromatic N) is 7. The number of hydrogen-bond donors (Lipinski definition) is 6. The number of piperidine rings is 1. The van der Waals surface area contributed by atoms with E-state index >= 15 is 0 Å². The number of nitrogens with one attached hydrogen (secondary N) is 6. The number of aromatic nitrogens is 4. The molecule has 77 heavy (non-hydrogen) atoms. The summed E-state index contributed by atoms with van der Waals surface area (Å²) in [5.74, 6) is 1.49. The summed E-state index contributed by atoms with van der Waals surface area (Å²) in [4.78, 5) is 20.5. The van der Waals surface area contributed by atoms with Gasteiger partial charge in [-0.1, -0.05) is 30.7 Å². The van der Waals surface area contributed by atoms with Gasteiger partial charge < -0.3 is 26.2 Å². The van der Waals surface area contributed by atoms with Gasteiger partial charge in [0, 0.05) is 96.6 Å². The topological polar surface area (TPSA) is 270 Å². The van der Waals surface area contributed by atoms with Crippen LogP contribution in [0.1, 0.15) is 71.9 Å². The van der Waals surface area contributed by atoms with Crippen molar-refractivity contribution in [2.45, 2.75) is 105 Å². The van der Waals surface area contributed by atoms with E-state index in [9.17, 15) is 33.7 Å². The van der Waals surface area contributed by atoms with E-state index in [-0.39, 0.29) is 31.5 Å². The summed E-state index contributed by atoms with van der Waals surface area (Å²) in [5, 5.41) is 12.5. The van der Waals surface area contributed by atoms with Gasteiger partial charge in [-0.3, -0.25) is 0 Å². The number of sulfonamides is 4. The van der Waals surface area contributed by atoms with Crippen LogP contribution in [-0.2, 0) is 40.1 Å². The van der Waals surface area contributed by atoms with Gasteiger partial charge in [-0.2, -0.15) is 18.6 Å². The van der Waals surface area contributed by atoms with Crippen molar-refractivity contribution in [2.75, 3.05) is 67.6 Å². The molecule has 4 aromatic carbocycles. The lowest BCUT2D eigenvalue weighted by Gasteiger charge is -2.31. The zero-order valence-electron chi connectivity index (χ0n) is 44.8. The summed E-state index contributed by atoms with van der Waals surface area (Å²) in [6, 6.07) is 26.1. The molecule has 2 saturated heterocycles. The summed E-state index contributed by atoms with van der Waals surface area (Å²) in [5.41, 5.74) is 2.42. The first kappa shape index (κ1) is 58.5. The second kappa shape index (κ2) is 23.8. The number of hydrogen-bond acceptors (Lipinski definition) is 17. The second-order valence-corrected chi connectivity index (χ2v) is 28.2. The van der Waals surface area contributed by atoms with Crippen LogP contribution in [0.3, 0.4) is 0 Å². The Bertz CT molecular complexity index is 3520. The summed E-state index contributed by atoms with van der Waals surface area (Å²) in [7, 11) is -12.6. The van der Waals surface area contributed by atoms with Gasteiger partial charge in [-0.25, -0.2) is 53.1 Å². The Labute approximate surface area is 454 Å². The molecular weight excluding hydrogens is 1060 g/mol. The van der Waals surface area contributed by atoms with E-state index in [2.05, 4.69) is 55.5 Å². The van der Waals surface area contributed by atoms with E-state index in [4.69, 9.17) is 0 Å². The van der Waals surface area contributed by atoms with Crippen LogP contribution < -0.4 is 30.7 Å². The fourth-order valence-corrected chi connectivity index (χ4v) is 14.1. The number of piperazine rings is 1. The molecule has 2 aliphatic heterocycles. The number of likely N-dealkylation sites (N-methyl/N-ethyl adjacent to an activating group) is 1. The fourth-order valence-electron chi connectivity index (χ4n) is 8.10. The van der Waals surface area contributed by atoms with Crippen LogP contribution in [0.2, 0.25) is 0 Å². The van der Waals surface area contributed by atoms with Crippen LogP contribution in [-0.4, -0.2) is 125 Å². The van der Waals surface area contributed by atoms with Gasteiger partial charge in [0.15, 0.2) is 0 Å². The highest BCUT2D eigenvalue weighted by Gasteiger charge is 2.29. The molecule has 0 atom stereocenters. The summed E-state index contributed by atoms with van der Waals surface area (Å²) in [6.45, 7) is 17.7. The zero-order chi connectivity index (χ0) is 56.0. The lowest BCUT2D eigenvalue weighted by atomic mass is 10.1. The molecule has 25 heteroatoms. The van der Waals surface area contributed by atoms with Gasteiger partial charge in [-0.05, 0) is 148 Å². The molecule has 0 unspecified atom stereocenters. The predicted octanol–water partition coefficient (Wildman–Crippen LogP) is 7.81. The molecule has 8 rings (SSSR count). The minimum atomic E-state index is -3.71. The third kappa shape index (κ3) is 16.0. The van der Waals surface area contributed by atoms with E-state index < -0.39 is 51.2 Å². The van der Waals surface area contributed by atoms with Crippen molar-refractivity contribution < 1.29 is 33.7 Å². The molecule has 6 aromatic rings. The third-order valence-corrected chi connectivity index (χ3v) is 19.2. The monoisotopic (exact) mass is 1130 g/mol. The molecule has 2 aromatic heterocycles. The quantitative estimate of drug-likeness (QED) is 0.0539. The van der Waals surface area contributed by atoms with Gasteiger partial charge >= 0.3 is 0 Å². The number of rotatable bonds is 16. The van der Waals surface area contributed by atoms with Crippen molar-refractivity contribution >= 4 is 86.4 Å². The van der Waals surface area contributed by atoms with Crippen LogP contribution in [0.5, 0.6) is 0 Å². The molecule has 0 amide bonds. The third-order valence-electron chi connectivity index (χ3n) is 11.9. The first-order valence-corrected chi connectivity index (χ1v) is 30.8. The maximum Gasteiger partial charge on any atom is 0.243 e. The number of benzene rings is 4. The Kier molecular flexibility index (Phi) is 18.1. The van der Waals surface area contributed by atoms with Gasteiger partial charge in [0.1, 0.15) is 11.6 Å². The molecule has 414 valence electrons. The fraction of sp³-hybridized carbons (Fsp3) is 0.385. The SMILES string of the molecule is Cc1cnc(Nc2cccc(S(=O)(=O)N3CCCCC3)c2)nc1Nc1cccc(S(=O)(=O)NC(C)(C)C)c1.Cc1cnc(Nc2cccc(S(=O)(=O)N3CCN(C)CC3)c2)nc1Nc1cccc(S(=O)(=O)NC(C)(C)C)c1. The van der Waals surface area contributed by atoms with Crippen LogP contribution in [0, 0.1) is 13.8 Å². The first-order chi connectivity index (χ1) is 36.1. The second-order valence-electron chi connectivity index (χ2n) is 20.9. The minimum Gasteiger partial charge on any atom is -0.340 e. The van der Waals surface area contributed by atoms with Crippen molar-refractivity contribution in [1.29, 1.82) is 0 Å². The molecule has 2 aliphatic rings. The van der Waals surface area contributed by atoms with Gasteiger partial charge in [0.2, 0.25) is 52.0 Å². The highest BCUT2D eigenvalue weighted by atomic mass is 32.2. The molecule has 0 aliphatic carbocycles. The minimum absolute atomic E-state index is 0.130. The molecule has 0 radical (unpaired) electrons. The summed E-state index contributed by atoms with van der Waals surface area (Å²) >= 11 is 0. The van der Waals surface area contributed by atoms with Gasteiger partial charge in [-0.15, -0.1) is 0 Å². The molecule has 6 N–H and O–H groups in total. The van der Waals surface area contributed by atoms with Crippen molar-refractivity contribution in [3.63, 3.8) is 0 Å². The Balaban J connectivity index is 0.000000224. The number of aryl methyl sites for hydroxylation is 2. The Morgan fingerprint density at radius 1 is 0.442 bits per heavy atom. The highest BCUT2D eigenvalue weighted by Crippen LogP contribution is 2.29. The largest absolute Gasteiger partial charge is 0.340 e. The maximum atomic E-state index is 13.2. The number of anilines is 8. The van der Waals surface area contributed by atoms with Crippen LogP contribution in [0.25, 0.3) is 0 Å². The van der Waals surface area contributed by atoms with Gasteiger partial charge in [0.05, 0.1) is 19.6 Å². The predicted molar refractivity (Wildman–Crippen MR) is 301 cm³/mol. The summed E-state index contributed by atoms with van der Waals surface area (Å²) < 4.78 is 112. The van der Waals surface area contributed by atoms with Crippen LogP contribution in [0.4, 0.5) is 46.3 Å². The Morgan fingerprint density at radius 2 is 0.779 bits per heavy atom. The van der Waals surface area contributed by atoms with Crippen molar-refractivity contribution in [1.82, 2.24) is 42.9 Å². The average molecular weight is 1130 g/mol. The van der Waals surface area contributed by atoms with Crippen molar-refractivity contribution in [3.8, 4) is 0 Å². The standard InChI is InChI=1S/C26H35N7O4S2.C26H34N6O4S2/c1-19-18-27-25(29-21-9-7-11-23(17-21)39(36,37)33-14-12-32(5)13-15-33)30-24(19)28-20-8-6-10-22(16-20)38(34,35)31-26(2,3)4;1-19-18-27-25(29-21-11-9-13-23(17-21)38(35,36)32-14-6-5-7-15-32)30-24(19)28-20-10-8-12-22(16-20)37(33,34)31-26(2,3)4/h6-11,16-18,31H,12-15H2,1-5H3,(H2,27,28,29,30);8-13,16-18,31H,5-7,14-15H2,1-4H3,(H2,27,28,29,30). The van der Waals surface area contributed by atoms with E-state index in [1.54, 1.807) is 127 Å². The van der Waals surface area contributed by atoms with Crippen LogP contribution >= 0.6 is 0 Å². The Morgan fingerprint density at radius 3 is 1.16 bits per heavy atom. The molecule has 21 nitrogen and oxygen atoms in total. The smallest absolute Gasteiger partial charge is 0.243 e. The molecule has 4 heterocycles. The lowest BCUT2D eigenvalue weighted by molar-refractivity contribution is 0.222. The summed E-state index contributed by atoms with van der Waals surface area (Å²) in [6.07, 6.45) is 6.04. The van der Waals surface area contributed by atoms with E-state index in [1.807, 2.05) is 20.9 Å². The maximum absolute atomic E-state index is 13.2. The normalized spacial score (nSPS) is 15.5. The molecule has 0 bridgehead atoms. The average Bonchev–Trinajstić information content (AvgIpc) is 3.36. The van der Waals surface area contributed by atoms with Crippen molar-refractivity contribution in [2.24, 2.45) is 0 Å². The van der Waals surface area contributed by atoms with Crippen LogP contribution in [0.15, 0.2) is 129 Å². The van der Waals surface area contributed by atoms with Gasteiger partial charge in [0.25, 0.3) is 0 Å². The molecular formula is C52H69N13O8S4. The van der Waals surface area contributed by atoms with E-state index in [0.717, 1.165) is 30.4 Å². The highest BCUT2D eigenvalue weighted by molar-refractivity contribution is 7.90. The van der Waals surface area contributed by atoms with E-state index in [1.165, 1.54) is 32.9 Å². The first-order valence-electron chi connectivity index (χ1n) is 25.0.